The van der Waals surface area contributed by atoms with Crippen LogP contribution in [0.2, 0.25) is 5.02 Å². The van der Waals surface area contributed by atoms with Crippen LogP contribution in [0.3, 0.4) is 0 Å². The van der Waals surface area contributed by atoms with E-state index in [1.807, 2.05) is 32.0 Å². The lowest BCUT2D eigenvalue weighted by molar-refractivity contribution is -0.0260. The normalized spacial score (nSPS) is 24.9. The van der Waals surface area contributed by atoms with Crippen LogP contribution in [0.5, 0.6) is 0 Å². The number of ketones is 1. The lowest BCUT2D eigenvalue weighted by atomic mass is 9.91. The fourth-order valence-corrected chi connectivity index (χ4v) is 4.17. The number of carbonyl (C=O) groups is 1. The molecule has 2 aromatic carbocycles. The third-order valence-electron chi connectivity index (χ3n) is 5.88. The summed E-state index contributed by atoms with van der Waals surface area (Å²) in [6, 6.07) is 10.8. The van der Waals surface area contributed by atoms with Gasteiger partial charge in [-0.2, -0.15) is 0 Å². The molecule has 0 saturated heterocycles. The Morgan fingerprint density at radius 1 is 1.04 bits per heavy atom. The standard InChI is InChI=1S/C21H21ClO3/c1-20(2)11-21(20,25)19(24)14-6-4-12-3-5-13-9-15(22)7-8-16(13)18(23)17(12)10-14/h4,6-10,19,24-25H,3,5,11H2,1-2H3/t19?,21-/m1/s1. The van der Waals surface area contributed by atoms with Crippen molar-refractivity contribution in [2.75, 3.05) is 0 Å². The van der Waals surface area contributed by atoms with Gasteiger partial charge in [-0.05, 0) is 65.6 Å². The van der Waals surface area contributed by atoms with Gasteiger partial charge in [0.2, 0.25) is 0 Å². The van der Waals surface area contributed by atoms with Gasteiger partial charge in [0.05, 0.1) is 0 Å². The van der Waals surface area contributed by atoms with Crippen LogP contribution >= 0.6 is 11.6 Å². The Morgan fingerprint density at radius 3 is 2.40 bits per heavy atom. The molecule has 0 bridgehead atoms. The van der Waals surface area contributed by atoms with Crippen LogP contribution in [0.4, 0.5) is 0 Å². The molecule has 3 nitrogen and oxygen atoms in total. The predicted molar refractivity (Wildman–Crippen MR) is 97.0 cm³/mol. The van der Waals surface area contributed by atoms with Gasteiger partial charge in [0, 0.05) is 16.1 Å². The highest BCUT2D eigenvalue weighted by atomic mass is 35.5. The summed E-state index contributed by atoms with van der Waals surface area (Å²) < 4.78 is 0. The van der Waals surface area contributed by atoms with Crippen molar-refractivity contribution in [1.82, 2.24) is 0 Å². The Bertz CT molecular complexity index is 887. The van der Waals surface area contributed by atoms with Gasteiger partial charge in [0.1, 0.15) is 11.7 Å². The summed E-state index contributed by atoms with van der Waals surface area (Å²) in [5.74, 6) is -0.0461. The highest BCUT2D eigenvalue weighted by Gasteiger charge is 2.64. The van der Waals surface area contributed by atoms with E-state index in [4.69, 9.17) is 11.6 Å². The molecule has 25 heavy (non-hydrogen) atoms. The Kier molecular flexibility index (Phi) is 3.63. The summed E-state index contributed by atoms with van der Waals surface area (Å²) in [5, 5.41) is 21.9. The highest BCUT2D eigenvalue weighted by molar-refractivity contribution is 6.30. The predicted octanol–water partition coefficient (Wildman–Crippen LogP) is 3.86. The number of hydrogen-bond acceptors (Lipinski definition) is 3. The molecule has 0 amide bonds. The number of rotatable bonds is 2. The second kappa shape index (κ2) is 5.41. The maximum Gasteiger partial charge on any atom is 0.193 e. The van der Waals surface area contributed by atoms with E-state index in [0.29, 0.717) is 28.1 Å². The molecule has 4 heteroatoms. The van der Waals surface area contributed by atoms with Crippen molar-refractivity contribution in [1.29, 1.82) is 0 Å². The second-order valence-electron chi connectivity index (χ2n) is 7.93. The van der Waals surface area contributed by atoms with Crippen molar-refractivity contribution in [2.24, 2.45) is 5.41 Å². The highest BCUT2D eigenvalue weighted by Crippen LogP contribution is 2.61. The first-order valence-corrected chi connectivity index (χ1v) is 8.97. The number of aliphatic hydroxyl groups is 2. The van der Waals surface area contributed by atoms with Gasteiger partial charge < -0.3 is 10.2 Å². The van der Waals surface area contributed by atoms with E-state index in [9.17, 15) is 15.0 Å². The molecule has 2 N–H and O–H groups in total. The zero-order chi connectivity index (χ0) is 18.0. The molecule has 4 rings (SSSR count). The lowest BCUT2D eigenvalue weighted by Crippen LogP contribution is -2.26. The summed E-state index contributed by atoms with van der Waals surface area (Å²) in [6.07, 6.45) is 1.07. The van der Waals surface area contributed by atoms with Crippen molar-refractivity contribution in [2.45, 2.75) is 44.8 Å². The number of hydrogen-bond donors (Lipinski definition) is 2. The molecule has 0 spiro atoms. The average Bonchev–Trinajstić information content (AvgIpc) is 3.14. The Balaban J connectivity index is 1.75. The molecule has 130 valence electrons. The summed E-state index contributed by atoms with van der Waals surface area (Å²) >= 11 is 6.07. The quantitative estimate of drug-likeness (QED) is 0.859. The first-order chi connectivity index (χ1) is 11.7. The molecule has 1 fully saturated rings. The maximum absolute atomic E-state index is 13.0. The fourth-order valence-electron chi connectivity index (χ4n) is 3.97. The van der Waals surface area contributed by atoms with Crippen LogP contribution in [-0.4, -0.2) is 21.6 Å². The van der Waals surface area contributed by atoms with Crippen molar-refractivity contribution >= 4 is 17.4 Å². The molecule has 0 radical (unpaired) electrons. The van der Waals surface area contributed by atoms with Gasteiger partial charge >= 0.3 is 0 Å². The van der Waals surface area contributed by atoms with Crippen LogP contribution in [0, 0.1) is 5.41 Å². The van der Waals surface area contributed by atoms with Crippen LogP contribution in [0.25, 0.3) is 0 Å². The van der Waals surface area contributed by atoms with Crippen molar-refractivity contribution in [3.05, 3.63) is 69.2 Å². The summed E-state index contributed by atoms with van der Waals surface area (Å²) in [5.41, 5.74) is 2.36. The number of aliphatic hydroxyl groups excluding tert-OH is 1. The fraction of sp³-hybridized carbons (Fsp3) is 0.381. The topological polar surface area (TPSA) is 57.5 Å². The number of halogens is 1. The van der Waals surface area contributed by atoms with E-state index in [1.54, 1.807) is 18.2 Å². The first kappa shape index (κ1) is 16.8. The average molecular weight is 357 g/mol. The molecule has 0 aliphatic heterocycles. The van der Waals surface area contributed by atoms with Crippen LogP contribution < -0.4 is 0 Å². The van der Waals surface area contributed by atoms with Crippen molar-refractivity contribution in [3.8, 4) is 0 Å². The zero-order valence-corrected chi connectivity index (χ0v) is 15.1. The first-order valence-electron chi connectivity index (χ1n) is 8.59. The zero-order valence-electron chi connectivity index (χ0n) is 14.3. The molecule has 2 aliphatic rings. The minimum Gasteiger partial charge on any atom is -0.386 e. The van der Waals surface area contributed by atoms with Gasteiger partial charge in [0.15, 0.2) is 5.78 Å². The van der Waals surface area contributed by atoms with E-state index >= 15 is 0 Å². The van der Waals surface area contributed by atoms with Gasteiger partial charge in [-0.15, -0.1) is 0 Å². The Hall–Kier alpha value is -1.68. The molecule has 0 aromatic heterocycles. The van der Waals surface area contributed by atoms with Crippen molar-refractivity contribution < 1.29 is 15.0 Å². The van der Waals surface area contributed by atoms with E-state index in [2.05, 4.69) is 0 Å². The van der Waals surface area contributed by atoms with E-state index < -0.39 is 11.7 Å². The molecule has 1 saturated carbocycles. The Labute approximate surface area is 152 Å². The van der Waals surface area contributed by atoms with Crippen LogP contribution in [0.1, 0.15) is 59.0 Å². The number of fused-ring (bicyclic) bond motifs is 2. The SMILES string of the molecule is CC1(C)C[C@@]1(O)C(O)c1ccc2c(c1)C(=O)c1ccc(Cl)cc1CC2. The molecular formula is C21H21ClO3. The van der Waals surface area contributed by atoms with Gasteiger partial charge in [-0.25, -0.2) is 0 Å². The maximum atomic E-state index is 13.0. The second-order valence-corrected chi connectivity index (χ2v) is 8.37. The van der Waals surface area contributed by atoms with E-state index in [-0.39, 0.29) is 11.2 Å². The summed E-state index contributed by atoms with van der Waals surface area (Å²) in [4.78, 5) is 13.0. The monoisotopic (exact) mass is 356 g/mol. The minimum absolute atomic E-state index is 0.0461. The summed E-state index contributed by atoms with van der Waals surface area (Å²) in [6.45, 7) is 3.87. The number of benzene rings is 2. The number of aryl methyl sites for hydroxylation is 2. The smallest absolute Gasteiger partial charge is 0.193 e. The van der Waals surface area contributed by atoms with Crippen LogP contribution in [-0.2, 0) is 12.8 Å². The lowest BCUT2D eigenvalue weighted by Gasteiger charge is -2.22. The third kappa shape index (κ3) is 2.53. The molecule has 0 heterocycles. The van der Waals surface area contributed by atoms with Crippen LogP contribution in [0.15, 0.2) is 36.4 Å². The van der Waals surface area contributed by atoms with Gasteiger partial charge in [-0.1, -0.05) is 37.6 Å². The van der Waals surface area contributed by atoms with Gasteiger partial charge in [-0.3, -0.25) is 4.79 Å². The van der Waals surface area contributed by atoms with Crippen molar-refractivity contribution in [3.63, 3.8) is 0 Å². The minimum atomic E-state index is -1.12. The molecule has 1 unspecified atom stereocenters. The Morgan fingerprint density at radius 2 is 1.72 bits per heavy atom. The molecular weight excluding hydrogens is 336 g/mol. The summed E-state index contributed by atoms with van der Waals surface area (Å²) in [7, 11) is 0. The molecule has 2 atom stereocenters. The largest absolute Gasteiger partial charge is 0.386 e. The molecule has 2 aromatic rings. The third-order valence-corrected chi connectivity index (χ3v) is 6.12. The number of carbonyl (C=O) groups excluding carboxylic acids is 1. The van der Waals surface area contributed by atoms with E-state index in [1.165, 1.54) is 0 Å². The van der Waals surface area contributed by atoms with E-state index in [0.717, 1.165) is 24.0 Å². The molecule has 2 aliphatic carbocycles. The van der Waals surface area contributed by atoms with Gasteiger partial charge in [0.25, 0.3) is 0 Å².